The number of alkyl carbamates (subject to hydrolysis) is 1. The number of amides is 3. The number of carbonyl (C=O) groups is 3. The van der Waals surface area contributed by atoms with E-state index in [9.17, 15) is 14.4 Å². The van der Waals surface area contributed by atoms with Crippen LogP contribution in [-0.4, -0.2) is 46.7 Å². The van der Waals surface area contributed by atoms with Crippen molar-refractivity contribution >= 4 is 47.8 Å². The zero-order chi connectivity index (χ0) is 30.7. The first-order chi connectivity index (χ1) is 19.3. The summed E-state index contributed by atoms with van der Waals surface area (Å²) in [5.74, 6) is -0.757. The van der Waals surface area contributed by atoms with Crippen LogP contribution in [0.1, 0.15) is 88.1 Å². The quantitative estimate of drug-likeness (QED) is 0.163. The van der Waals surface area contributed by atoms with E-state index in [0.717, 1.165) is 42.4 Å². The van der Waals surface area contributed by atoms with Crippen molar-refractivity contribution in [3.63, 3.8) is 0 Å². The summed E-state index contributed by atoms with van der Waals surface area (Å²) in [6.07, 6.45) is 4.12. The Morgan fingerprint density at radius 2 is 1.66 bits per heavy atom. The van der Waals surface area contributed by atoms with Crippen LogP contribution in [-0.2, 0) is 14.3 Å². The Kier molecular flexibility index (Phi) is 13.5. The molecule has 0 radical (unpaired) electrons. The third-order valence-corrected chi connectivity index (χ3v) is 7.51. The summed E-state index contributed by atoms with van der Waals surface area (Å²) < 4.78 is 5.40. The van der Waals surface area contributed by atoms with Crippen LogP contribution in [0.25, 0.3) is 0 Å². The van der Waals surface area contributed by atoms with Crippen molar-refractivity contribution in [2.75, 3.05) is 17.6 Å². The van der Waals surface area contributed by atoms with E-state index in [1.807, 2.05) is 51.1 Å². The highest BCUT2D eigenvalue weighted by atomic mass is 35.5. The van der Waals surface area contributed by atoms with Crippen molar-refractivity contribution in [1.82, 2.24) is 10.2 Å². The average Bonchev–Trinajstić information content (AvgIpc) is 2.89. The molecule has 0 saturated carbocycles. The van der Waals surface area contributed by atoms with Crippen LogP contribution in [0.5, 0.6) is 0 Å². The average molecular weight is 604 g/mol. The van der Waals surface area contributed by atoms with E-state index in [4.69, 9.17) is 16.3 Å². The Hall–Kier alpha value is -2.71. The number of carbonyl (C=O) groups excluding carboxylic acids is 3. The summed E-state index contributed by atoms with van der Waals surface area (Å²) in [4.78, 5) is 42.5. The van der Waals surface area contributed by atoms with Crippen LogP contribution < -0.4 is 10.6 Å². The van der Waals surface area contributed by atoms with Crippen molar-refractivity contribution in [3.8, 4) is 0 Å². The summed E-state index contributed by atoms with van der Waals surface area (Å²) in [5.41, 5.74) is 3.33. The first-order valence-corrected chi connectivity index (χ1v) is 15.3. The summed E-state index contributed by atoms with van der Waals surface area (Å²) in [7, 11) is 0. The van der Waals surface area contributed by atoms with Gasteiger partial charge < -0.3 is 20.3 Å². The number of halogens is 1. The smallest absolute Gasteiger partial charge is 0.408 e. The number of aryl methyl sites for hydroxylation is 3. The lowest BCUT2D eigenvalue weighted by molar-refractivity contribution is -0.140. The number of unbranched alkanes of at least 4 members (excludes halogenated alkanes) is 4. The molecule has 2 aromatic carbocycles. The zero-order valence-electron chi connectivity index (χ0n) is 25.5. The fraction of sp³-hybridized carbons (Fsp3) is 0.531. The number of thiol groups is 1. The van der Waals surface area contributed by atoms with Crippen LogP contribution in [0.3, 0.4) is 0 Å². The Labute approximate surface area is 256 Å². The summed E-state index contributed by atoms with van der Waals surface area (Å²) in [5, 5.41) is 6.07. The number of ether oxygens (including phenoxy) is 1. The molecule has 0 aliphatic heterocycles. The van der Waals surface area contributed by atoms with Crippen molar-refractivity contribution in [2.45, 2.75) is 98.3 Å². The molecule has 0 aliphatic rings. The van der Waals surface area contributed by atoms with Gasteiger partial charge in [-0.3, -0.25) is 9.59 Å². The molecule has 7 nitrogen and oxygen atoms in total. The van der Waals surface area contributed by atoms with Gasteiger partial charge in [-0.2, -0.15) is 12.6 Å². The largest absolute Gasteiger partial charge is 0.444 e. The molecule has 2 N–H and O–H groups in total. The monoisotopic (exact) mass is 603 g/mol. The molecule has 0 spiro atoms. The van der Waals surface area contributed by atoms with Crippen molar-refractivity contribution in [1.29, 1.82) is 0 Å². The van der Waals surface area contributed by atoms with E-state index in [1.165, 1.54) is 0 Å². The second-order valence-electron chi connectivity index (χ2n) is 11.5. The minimum absolute atomic E-state index is 0.0370. The Bertz CT molecular complexity index is 1180. The highest BCUT2D eigenvalue weighted by Gasteiger charge is 2.36. The minimum Gasteiger partial charge on any atom is -0.444 e. The molecule has 0 aliphatic carbocycles. The third-order valence-electron chi connectivity index (χ3n) is 6.83. The Morgan fingerprint density at radius 1 is 0.976 bits per heavy atom. The predicted molar refractivity (Wildman–Crippen MR) is 171 cm³/mol. The maximum absolute atomic E-state index is 14.2. The van der Waals surface area contributed by atoms with Gasteiger partial charge in [0.05, 0.1) is 10.7 Å². The van der Waals surface area contributed by atoms with Crippen molar-refractivity contribution < 1.29 is 19.1 Å². The normalized spacial score (nSPS) is 12.8. The van der Waals surface area contributed by atoms with Gasteiger partial charge in [-0.25, -0.2) is 4.79 Å². The molecule has 2 atom stereocenters. The lowest BCUT2D eigenvalue weighted by atomic mass is 9.97. The SMILES string of the molecule is CCCCCCCN(C(=O)C(CS)NC(=O)OC(C)(C)C)C(C(=O)Nc1c(C)cccc1Cl)c1ccc(C)c(C)c1. The van der Waals surface area contributed by atoms with Gasteiger partial charge in [-0.15, -0.1) is 0 Å². The number of hydrogen-bond donors (Lipinski definition) is 3. The molecule has 2 aromatic rings. The van der Waals surface area contributed by atoms with Crippen molar-refractivity contribution in [2.24, 2.45) is 0 Å². The predicted octanol–water partition coefficient (Wildman–Crippen LogP) is 7.57. The fourth-order valence-electron chi connectivity index (χ4n) is 4.48. The standard InChI is InChI=1S/C32H46ClN3O4S/c1-8-9-10-11-12-18-36(30(38)26(20-41)34-31(39)40-32(5,6)7)28(24-17-16-21(2)23(4)19-24)29(37)35-27-22(3)14-13-15-25(27)33/h13-17,19,26,28,41H,8-12,18,20H2,1-7H3,(H,34,39)(H,35,37). The van der Waals surface area contributed by atoms with E-state index in [2.05, 4.69) is 30.2 Å². The number of para-hydroxylation sites is 1. The van der Waals surface area contributed by atoms with Gasteiger partial charge in [0.1, 0.15) is 17.7 Å². The molecular weight excluding hydrogens is 558 g/mol. The third kappa shape index (κ3) is 10.6. The van der Waals surface area contributed by atoms with Crippen LogP contribution in [0, 0.1) is 20.8 Å². The van der Waals surface area contributed by atoms with Crippen LogP contribution in [0.4, 0.5) is 10.5 Å². The molecule has 3 amide bonds. The van der Waals surface area contributed by atoms with Crippen molar-refractivity contribution in [3.05, 3.63) is 63.7 Å². The maximum atomic E-state index is 14.2. The van der Waals surface area contributed by atoms with E-state index in [1.54, 1.807) is 31.7 Å². The highest BCUT2D eigenvalue weighted by Crippen LogP contribution is 2.30. The van der Waals surface area contributed by atoms with Crippen LogP contribution >= 0.6 is 24.2 Å². The first-order valence-electron chi connectivity index (χ1n) is 14.3. The number of benzene rings is 2. The van der Waals surface area contributed by atoms with Crippen LogP contribution in [0.2, 0.25) is 5.02 Å². The Morgan fingerprint density at radius 3 is 2.24 bits per heavy atom. The molecular formula is C32H46ClN3O4S. The summed E-state index contributed by atoms with van der Waals surface area (Å²) in [6.45, 7) is 13.6. The topological polar surface area (TPSA) is 87.7 Å². The highest BCUT2D eigenvalue weighted by molar-refractivity contribution is 7.80. The Balaban J connectivity index is 2.55. The van der Waals surface area contributed by atoms with Gasteiger partial charge in [0.25, 0.3) is 5.91 Å². The van der Waals surface area contributed by atoms with Gasteiger partial charge in [-0.05, 0) is 76.3 Å². The minimum atomic E-state index is -0.993. The zero-order valence-corrected chi connectivity index (χ0v) is 27.1. The first kappa shape index (κ1) is 34.5. The molecule has 2 rings (SSSR count). The van der Waals surface area contributed by atoms with Gasteiger partial charge in [-0.1, -0.05) is 74.5 Å². The molecule has 226 valence electrons. The molecule has 0 saturated heterocycles. The second kappa shape index (κ2) is 16.1. The van der Waals surface area contributed by atoms with Gasteiger partial charge in [0.15, 0.2) is 0 Å². The molecule has 0 bridgehead atoms. The van der Waals surface area contributed by atoms with E-state index in [-0.39, 0.29) is 11.7 Å². The number of hydrogen-bond acceptors (Lipinski definition) is 5. The lowest BCUT2D eigenvalue weighted by Crippen LogP contribution is -2.53. The summed E-state index contributed by atoms with van der Waals surface area (Å²) in [6, 6.07) is 9.20. The molecule has 0 fully saturated rings. The van der Waals surface area contributed by atoms with Gasteiger partial charge in [0.2, 0.25) is 5.91 Å². The maximum Gasteiger partial charge on any atom is 0.408 e. The van der Waals surface area contributed by atoms with Gasteiger partial charge >= 0.3 is 6.09 Å². The molecule has 9 heteroatoms. The van der Waals surface area contributed by atoms with E-state index < -0.39 is 29.7 Å². The van der Waals surface area contributed by atoms with E-state index >= 15 is 0 Å². The fourth-order valence-corrected chi connectivity index (χ4v) is 4.99. The molecule has 2 unspecified atom stereocenters. The van der Waals surface area contributed by atoms with Crippen LogP contribution in [0.15, 0.2) is 36.4 Å². The van der Waals surface area contributed by atoms with E-state index in [0.29, 0.717) is 29.2 Å². The number of nitrogens with zero attached hydrogens (tertiary/aromatic N) is 1. The van der Waals surface area contributed by atoms with Gasteiger partial charge in [0, 0.05) is 12.3 Å². The summed E-state index contributed by atoms with van der Waals surface area (Å²) >= 11 is 10.8. The molecule has 0 heterocycles. The number of nitrogens with one attached hydrogen (secondary N) is 2. The lowest BCUT2D eigenvalue weighted by Gasteiger charge is -2.34. The number of anilines is 1. The number of rotatable bonds is 13. The molecule has 0 aromatic heterocycles. The molecule has 41 heavy (non-hydrogen) atoms. The second-order valence-corrected chi connectivity index (χ2v) is 12.3.